The lowest BCUT2D eigenvalue weighted by Crippen LogP contribution is -2.35. The molecular weight excluding hydrogens is 342 g/mol. The second-order valence-corrected chi connectivity index (χ2v) is 6.28. The first-order valence-electron chi connectivity index (χ1n) is 7.63. The van der Waals surface area contributed by atoms with Crippen molar-refractivity contribution in [1.29, 1.82) is 0 Å². The minimum Gasteiger partial charge on any atom is -0.353 e. The molecule has 2 aromatic heterocycles. The van der Waals surface area contributed by atoms with Crippen LogP contribution in [0.2, 0.25) is 0 Å². The van der Waals surface area contributed by atoms with Crippen LogP contribution in [0, 0.1) is 0 Å². The monoisotopic (exact) mass is 359 g/mol. The molecule has 1 atom stereocenters. The molecule has 1 amide bonds. The van der Waals surface area contributed by atoms with Crippen LogP contribution in [-0.4, -0.2) is 58.6 Å². The van der Waals surface area contributed by atoms with Gasteiger partial charge in [0, 0.05) is 25.8 Å². The fraction of sp³-hybridized carbons (Fsp3) is 0.357. The normalized spacial score (nSPS) is 12.0. The summed E-state index contributed by atoms with van der Waals surface area (Å²) in [6.45, 7) is 0.490. The number of aromatic nitrogens is 8. The zero-order chi connectivity index (χ0) is 17.5. The topological polar surface area (TPSA) is 116 Å². The number of amides is 1. The number of hydrogen-bond acceptors (Lipinski definition) is 8. The average molecular weight is 359 g/mol. The van der Waals surface area contributed by atoms with Crippen molar-refractivity contribution in [2.45, 2.75) is 17.6 Å². The van der Waals surface area contributed by atoms with Gasteiger partial charge >= 0.3 is 0 Å². The molecular formula is C14H17N9OS. The van der Waals surface area contributed by atoms with E-state index in [1.807, 2.05) is 30.3 Å². The van der Waals surface area contributed by atoms with E-state index < -0.39 is 6.04 Å². The highest BCUT2D eigenvalue weighted by Crippen LogP contribution is 2.14. The van der Waals surface area contributed by atoms with Gasteiger partial charge in [0.2, 0.25) is 11.1 Å². The van der Waals surface area contributed by atoms with Crippen LogP contribution in [0.3, 0.4) is 0 Å². The quantitative estimate of drug-likeness (QED) is 0.437. The van der Waals surface area contributed by atoms with Crippen molar-refractivity contribution in [1.82, 2.24) is 45.7 Å². The number of rotatable bonds is 8. The summed E-state index contributed by atoms with van der Waals surface area (Å²) in [5.74, 6) is 0.529. The SMILES string of the molecule is Cn1nnnc1SCCNC(=O)[C@H](Cc1ccccc1)n1cnnn1. The molecule has 3 rings (SSSR count). The zero-order valence-corrected chi connectivity index (χ0v) is 14.4. The Morgan fingerprint density at radius 1 is 1.24 bits per heavy atom. The summed E-state index contributed by atoms with van der Waals surface area (Å²) in [5, 5.41) is 26.0. The first-order chi connectivity index (χ1) is 12.2. The van der Waals surface area contributed by atoms with E-state index in [2.05, 4.69) is 36.4 Å². The fourth-order valence-corrected chi connectivity index (χ4v) is 2.94. The second kappa shape index (κ2) is 8.33. The molecule has 0 aliphatic heterocycles. The average Bonchev–Trinajstić information content (AvgIpc) is 3.29. The van der Waals surface area contributed by atoms with Gasteiger partial charge in [-0.15, -0.1) is 10.2 Å². The van der Waals surface area contributed by atoms with Crippen molar-refractivity contribution in [2.75, 3.05) is 12.3 Å². The summed E-state index contributed by atoms with van der Waals surface area (Å²) in [6, 6.07) is 9.27. The Morgan fingerprint density at radius 3 is 2.76 bits per heavy atom. The van der Waals surface area contributed by atoms with Crippen molar-refractivity contribution < 1.29 is 4.79 Å². The van der Waals surface area contributed by atoms with E-state index in [-0.39, 0.29) is 5.91 Å². The van der Waals surface area contributed by atoms with Crippen LogP contribution in [0.15, 0.2) is 41.8 Å². The van der Waals surface area contributed by atoms with E-state index in [1.165, 1.54) is 22.8 Å². The highest BCUT2D eigenvalue weighted by molar-refractivity contribution is 7.99. The van der Waals surface area contributed by atoms with Crippen LogP contribution < -0.4 is 5.32 Å². The molecule has 3 aromatic rings. The van der Waals surface area contributed by atoms with Crippen LogP contribution in [0.25, 0.3) is 0 Å². The molecule has 0 aliphatic rings. The molecule has 25 heavy (non-hydrogen) atoms. The minimum absolute atomic E-state index is 0.132. The Hall–Kier alpha value is -2.82. The Labute approximate surface area is 148 Å². The number of aryl methyl sites for hydroxylation is 1. The van der Waals surface area contributed by atoms with Gasteiger partial charge in [0.15, 0.2) is 0 Å². The predicted octanol–water partition coefficient (Wildman–Crippen LogP) is -0.111. The number of nitrogens with one attached hydrogen (secondary N) is 1. The van der Waals surface area contributed by atoms with E-state index in [0.717, 1.165) is 5.56 Å². The van der Waals surface area contributed by atoms with Gasteiger partial charge in [0.1, 0.15) is 12.4 Å². The highest BCUT2D eigenvalue weighted by atomic mass is 32.2. The molecule has 0 saturated heterocycles. The highest BCUT2D eigenvalue weighted by Gasteiger charge is 2.22. The molecule has 0 bridgehead atoms. The maximum absolute atomic E-state index is 12.6. The van der Waals surface area contributed by atoms with Crippen molar-refractivity contribution in [2.24, 2.45) is 7.05 Å². The maximum atomic E-state index is 12.6. The van der Waals surface area contributed by atoms with Gasteiger partial charge in [0.25, 0.3) is 0 Å². The van der Waals surface area contributed by atoms with Gasteiger partial charge in [-0.3, -0.25) is 4.79 Å². The molecule has 1 aromatic carbocycles. The molecule has 0 radical (unpaired) electrons. The molecule has 1 N–H and O–H groups in total. The first kappa shape index (κ1) is 17.0. The summed E-state index contributed by atoms with van der Waals surface area (Å²) in [7, 11) is 1.77. The maximum Gasteiger partial charge on any atom is 0.245 e. The van der Waals surface area contributed by atoms with E-state index in [0.29, 0.717) is 23.9 Å². The van der Waals surface area contributed by atoms with E-state index in [1.54, 1.807) is 11.7 Å². The van der Waals surface area contributed by atoms with E-state index in [4.69, 9.17) is 0 Å². The summed E-state index contributed by atoms with van der Waals surface area (Å²) in [6.07, 6.45) is 1.96. The van der Waals surface area contributed by atoms with E-state index >= 15 is 0 Å². The summed E-state index contributed by atoms with van der Waals surface area (Å²) < 4.78 is 3.06. The zero-order valence-electron chi connectivity index (χ0n) is 13.6. The van der Waals surface area contributed by atoms with Crippen LogP contribution in [-0.2, 0) is 18.3 Å². The van der Waals surface area contributed by atoms with Gasteiger partial charge < -0.3 is 5.32 Å². The predicted molar refractivity (Wildman–Crippen MR) is 89.5 cm³/mol. The number of nitrogens with zero attached hydrogens (tertiary/aromatic N) is 8. The molecule has 10 nitrogen and oxygen atoms in total. The summed E-state index contributed by atoms with van der Waals surface area (Å²) in [5.41, 5.74) is 1.04. The molecule has 0 saturated carbocycles. The van der Waals surface area contributed by atoms with Crippen molar-refractivity contribution in [3.05, 3.63) is 42.2 Å². The number of benzene rings is 1. The molecule has 0 aliphatic carbocycles. The van der Waals surface area contributed by atoms with Gasteiger partial charge in [-0.05, 0) is 26.4 Å². The fourth-order valence-electron chi connectivity index (χ4n) is 2.23. The molecule has 11 heteroatoms. The van der Waals surface area contributed by atoms with Crippen molar-refractivity contribution in [3.8, 4) is 0 Å². The van der Waals surface area contributed by atoms with Gasteiger partial charge in [-0.1, -0.05) is 42.1 Å². The van der Waals surface area contributed by atoms with Crippen LogP contribution >= 0.6 is 11.8 Å². The number of carbonyl (C=O) groups excluding carboxylic acids is 1. The standard InChI is InChI=1S/C14H17N9OS/c1-22-14(17-19-20-22)25-8-7-15-13(24)12(23-10-16-18-21-23)9-11-5-3-2-4-6-11/h2-6,10,12H,7-9H2,1H3,(H,15,24)/t12-/m0/s1. The van der Waals surface area contributed by atoms with Gasteiger partial charge in [-0.2, -0.15) is 0 Å². The number of thioether (sulfide) groups is 1. The minimum atomic E-state index is -0.501. The molecule has 2 heterocycles. The lowest BCUT2D eigenvalue weighted by Gasteiger charge is -2.16. The third-order valence-electron chi connectivity index (χ3n) is 3.47. The number of hydrogen-bond donors (Lipinski definition) is 1. The van der Waals surface area contributed by atoms with Gasteiger partial charge in [-0.25, -0.2) is 9.36 Å². The number of tetrazole rings is 2. The molecule has 130 valence electrons. The van der Waals surface area contributed by atoms with Crippen molar-refractivity contribution in [3.63, 3.8) is 0 Å². The summed E-state index contributed by atoms with van der Waals surface area (Å²) in [4.78, 5) is 12.6. The third-order valence-corrected chi connectivity index (χ3v) is 4.48. The lowest BCUT2D eigenvalue weighted by atomic mass is 10.1. The van der Waals surface area contributed by atoms with Crippen LogP contribution in [0.1, 0.15) is 11.6 Å². The number of carbonyl (C=O) groups is 1. The van der Waals surface area contributed by atoms with Crippen molar-refractivity contribution >= 4 is 17.7 Å². The first-order valence-corrected chi connectivity index (χ1v) is 8.62. The third kappa shape index (κ3) is 4.59. The second-order valence-electron chi connectivity index (χ2n) is 5.22. The largest absolute Gasteiger partial charge is 0.353 e. The Bertz CT molecular complexity index is 790. The van der Waals surface area contributed by atoms with Crippen LogP contribution in [0.5, 0.6) is 0 Å². The Morgan fingerprint density at radius 2 is 2.08 bits per heavy atom. The molecule has 0 spiro atoms. The summed E-state index contributed by atoms with van der Waals surface area (Å²) >= 11 is 1.47. The Kier molecular flexibility index (Phi) is 5.67. The van der Waals surface area contributed by atoms with Gasteiger partial charge in [0.05, 0.1) is 0 Å². The molecule has 0 unspecified atom stereocenters. The van der Waals surface area contributed by atoms with Crippen LogP contribution in [0.4, 0.5) is 0 Å². The Balaban J connectivity index is 1.57. The molecule has 0 fully saturated rings. The van der Waals surface area contributed by atoms with E-state index in [9.17, 15) is 4.79 Å². The smallest absolute Gasteiger partial charge is 0.245 e. The lowest BCUT2D eigenvalue weighted by molar-refractivity contribution is -0.124.